The van der Waals surface area contributed by atoms with Gasteiger partial charge in [-0.15, -0.1) is 10.2 Å². The standard InChI is InChI=1S/C27H29ClFN5O3/c1-16(2)37-23-13-24(28)31-30-20(23)15-33-26-21(9-6-10-22(26)36-4)34(27(33)35)18-11-12-32(14-18)25-17(3)7-5-8-19(25)29/h5-10,13,16,18H,11-12,14-15H2,1-4H3/t18-/m1/s1. The fourth-order valence-corrected chi connectivity index (χ4v) is 5.28. The summed E-state index contributed by atoms with van der Waals surface area (Å²) in [6.07, 6.45) is 0.588. The zero-order valence-corrected chi connectivity index (χ0v) is 22.0. The lowest BCUT2D eigenvalue weighted by atomic mass is 10.2. The molecule has 0 N–H and O–H groups in total. The Hall–Kier alpha value is -3.59. The number of para-hydroxylation sites is 2. The second-order valence-electron chi connectivity index (χ2n) is 9.51. The number of rotatable bonds is 7. The highest BCUT2D eigenvalue weighted by atomic mass is 35.5. The van der Waals surface area contributed by atoms with Gasteiger partial charge in [-0.1, -0.05) is 29.8 Å². The van der Waals surface area contributed by atoms with Crippen molar-refractivity contribution in [2.75, 3.05) is 25.1 Å². The van der Waals surface area contributed by atoms with Gasteiger partial charge in [0.05, 0.1) is 37.0 Å². The Bertz CT molecular complexity index is 1500. The summed E-state index contributed by atoms with van der Waals surface area (Å²) >= 11 is 6.08. The molecule has 1 fully saturated rings. The third kappa shape index (κ3) is 4.64. The second kappa shape index (κ2) is 10.0. The van der Waals surface area contributed by atoms with Crippen molar-refractivity contribution in [3.8, 4) is 11.5 Å². The first-order valence-corrected chi connectivity index (χ1v) is 12.6. The van der Waals surface area contributed by atoms with Crippen LogP contribution >= 0.6 is 11.6 Å². The van der Waals surface area contributed by atoms with E-state index in [2.05, 4.69) is 10.2 Å². The van der Waals surface area contributed by atoms with E-state index in [0.29, 0.717) is 47.9 Å². The molecule has 0 radical (unpaired) electrons. The minimum absolute atomic E-state index is 0.113. The van der Waals surface area contributed by atoms with E-state index in [0.717, 1.165) is 11.1 Å². The maximum atomic E-state index is 14.7. The van der Waals surface area contributed by atoms with Crippen molar-refractivity contribution in [2.24, 2.45) is 0 Å². The van der Waals surface area contributed by atoms with Gasteiger partial charge in [0.25, 0.3) is 0 Å². The lowest BCUT2D eigenvalue weighted by Crippen LogP contribution is -2.30. The van der Waals surface area contributed by atoms with Gasteiger partial charge in [-0.25, -0.2) is 9.18 Å². The molecule has 2 aromatic heterocycles. The molecule has 0 aliphatic carbocycles. The predicted molar refractivity (Wildman–Crippen MR) is 142 cm³/mol. The van der Waals surface area contributed by atoms with Crippen molar-refractivity contribution in [1.29, 1.82) is 0 Å². The maximum absolute atomic E-state index is 14.7. The fourth-order valence-electron chi connectivity index (χ4n) is 5.14. The van der Waals surface area contributed by atoms with Crippen molar-refractivity contribution in [3.63, 3.8) is 0 Å². The normalized spacial score (nSPS) is 15.6. The fraction of sp³-hybridized carbons (Fsp3) is 0.370. The quantitative estimate of drug-likeness (QED) is 0.338. The van der Waals surface area contributed by atoms with Crippen molar-refractivity contribution in [3.05, 3.63) is 75.2 Å². The minimum Gasteiger partial charge on any atom is -0.494 e. The summed E-state index contributed by atoms with van der Waals surface area (Å²) in [5.74, 6) is 0.789. The summed E-state index contributed by atoms with van der Waals surface area (Å²) in [7, 11) is 1.58. The average Bonchev–Trinajstić information content (AvgIpc) is 3.42. The zero-order valence-electron chi connectivity index (χ0n) is 21.2. The molecule has 4 aromatic rings. The Kier molecular flexibility index (Phi) is 6.81. The number of anilines is 1. The van der Waals surface area contributed by atoms with Crippen molar-refractivity contribution >= 4 is 28.3 Å². The van der Waals surface area contributed by atoms with Crippen LogP contribution in [-0.4, -0.2) is 45.6 Å². The molecule has 2 aromatic carbocycles. The smallest absolute Gasteiger partial charge is 0.329 e. The van der Waals surface area contributed by atoms with Crippen LogP contribution in [0.4, 0.5) is 10.1 Å². The van der Waals surface area contributed by atoms with Gasteiger partial charge in [0.1, 0.15) is 28.5 Å². The molecule has 37 heavy (non-hydrogen) atoms. The van der Waals surface area contributed by atoms with E-state index in [1.165, 1.54) is 6.07 Å². The molecule has 3 heterocycles. The van der Waals surface area contributed by atoms with Crippen molar-refractivity contribution < 1.29 is 13.9 Å². The van der Waals surface area contributed by atoms with E-state index in [9.17, 15) is 9.18 Å². The third-order valence-electron chi connectivity index (χ3n) is 6.67. The number of methoxy groups -OCH3 is 1. The Balaban J connectivity index is 1.59. The lowest BCUT2D eigenvalue weighted by molar-refractivity contribution is 0.237. The van der Waals surface area contributed by atoms with Gasteiger partial charge in [0.15, 0.2) is 5.15 Å². The number of ether oxygens (including phenoxy) is 2. The summed E-state index contributed by atoms with van der Waals surface area (Å²) in [5, 5.41) is 8.43. The van der Waals surface area contributed by atoms with Crippen LogP contribution in [0.3, 0.4) is 0 Å². The van der Waals surface area contributed by atoms with Crippen LogP contribution in [-0.2, 0) is 6.54 Å². The highest BCUT2D eigenvalue weighted by molar-refractivity contribution is 6.29. The summed E-state index contributed by atoms with van der Waals surface area (Å²) in [4.78, 5) is 16.0. The van der Waals surface area contributed by atoms with Gasteiger partial charge in [-0.3, -0.25) is 9.13 Å². The molecule has 1 aliphatic rings. The van der Waals surface area contributed by atoms with E-state index in [1.54, 1.807) is 28.4 Å². The molecule has 194 valence electrons. The summed E-state index contributed by atoms with van der Waals surface area (Å²) in [6.45, 7) is 6.99. The van der Waals surface area contributed by atoms with Gasteiger partial charge >= 0.3 is 5.69 Å². The number of aromatic nitrogens is 4. The van der Waals surface area contributed by atoms with E-state index < -0.39 is 0 Å². The van der Waals surface area contributed by atoms with E-state index in [4.69, 9.17) is 21.1 Å². The number of nitrogens with zero attached hydrogens (tertiary/aromatic N) is 5. The number of fused-ring (bicyclic) bond motifs is 1. The third-order valence-corrected chi connectivity index (χ3v) is 6.85. The number of benzene rings is 2. The van der Waals surface area contributed by atoms with Crippen molar-refractivity contribution in [1.82, 2.24) is 19.3 Å². The summed E-state index contributed by atoms with van der Waals surface area (Å²) in [6, 6.07) is 12.1. The van der Waals surface area contributed by atoms with Crippen LogP contribution in [0.15, 0.2) is 47.3 Å². The molecule has 5 rings (SSSR count). The maximum Gasteiger partial charge on any atom is 0.329 e. The first-order chi connectivity index (χ1) is 17.8. The van der Waals surface area contributed by atoms with E-state index in [1.807, 2.05) is 49.9 Å². The molecular formula is C27H29ClFN5O3. The van der Waals surface area contributed by atoms with Gasteiger partial charge in [0, 0.05) is 19.2 Å². The first-order valence-electron chi connectivity index (χ1n) is 12.2. The number of hydrogen-bond acceptors (Lipinski definition) is 6. The lowest BCUT2D eigenvalue weighted by Gasteiger charge is -2.21. The molecule has 0 unspecified atom stereocenters. The number of hydrogen-bond donors (Lipinski definition) is 0. The highest BCUT2D eigenvalue weighted by Gasteiger charge is 2.31. The Morgan fingerprint density at radius 1 is 1.16 bits per heavy atom. The molecule has 1 aliphatic heterocycles. The van der Waals surface area contributed by atoms with Gasteiger partial charge in [-0.05, 0) is 51.0 Å². The number of imidazole rings is 1. The van der Waals surface area contributed by atoms with Crippen LogP contribution in [0, 0.1) is 12.7 Å². The molecule has 8 nitrogen and oxygen atoms in total. The van der Waals surface area contributed by atoms with Crippen LogP contribution in [0.5, 0.6) is 11.5 Å². The molecular weight excluding hydrogens is 497 g/mol. The largest absolute Gasteiger partial charge is 0.494 e. The predicted octanol–water partition coefficient (Wildman–Crippen LogP) is 4.99. The highest BCUT2D eigenvalue weighted by Crippen LogP contribution is 2.34. The molecule has 1 atom stereocenters. The molecule has 0 saturated carbocycles. The van der Waals surface area contributed by atoms with Crippen LogP contribution in [0.2, 0.25) is 5.15 Å². The SMILES string of the molecule is COc1cccc2c1n(Cc1nnc(Cl)cc1OC(C)C)c(=O)n2[C@@H]1CCN(c2c(C)cccc2F)C1. The topological polar surface area (TPSA) is 74.4 Å². The second-order valence-corrected chi connectivity index (χ2v) is 9.89. The minimum atomic E-state index is -0.254. The average molecular weight is 526 g/mol. The molecule has 0 spiro atoms. The van der Waals surface area contributed by atoms with E-state index >= 15 is 0 Å². The molecule has 0 bridgehead atoms. The summed E-state index contributed by atoms with van der Waals surface area (Å²) < 4.78 is 29.7. The zero-order chi connectivity index (χ0) is 26.3. The Morgan fingerprint density at radius 2 is 1.95 bits per heavy atom. The van der Waals surface area contributed by atoms with Crippen LogP contribution < -0.4 is 20.1 Å². The summed E-state index contributed by atoms with van der Waals surface area (Å²) in [5.41, 5.74) is 3.14. The van der Waals surface area contributed by atoms with Crippen LogP contribution in [0.1, 0.15) is 37.6 Å². The number of halogens is 2. The van der Waals surface area contributed by atoms with Crippen LogP contribution in [0.25, 0.3) is 11.0 Å². The van der Waals surface area contributed by atoms with E-state index in [-0.39, 0.29) is 35.4 Å². The van der Waals surface area contributed by atoms with Gasteiger partial charge in [-0.2, -0.15) is 0 Å². The van der Waals surface area contributed by atoms with Crippen molar-refractivity contribution in [2.45, 2.75) is 45.9 Å². The molecule has 1 saturated heterocycles. The molecule has 10 heteroatoms. The molecule has 0 amide bonds. The van der Waals surface area contributed by atoms with Gasteiger partial charge < -0.3 is 14.4 Å². The Morgan fingerprint density at radius 3 is 2.68 bits per heavy atom. The Labute approximate surface area is 219 Å². The number of aryl methyl sites for hydroxylation is 1. The first kappa shape index (κ1) is 25.1. The monoisotopic (exact) mass is 525 g/mol. The van der Waals surface area contributed by atoms with Gasteiger partial charge in [0.2, 0.25) is 0 Å².